The summed E-state index contributed by atoms with van der Waals surface area (Å²) in [4.78, 5) is 17.0. The number of fused-ring (bicyclic) bond motifs is 1. The van der Waals surface area contributed by atoms with E-state index >= 15 is 0 Å². The maximum absolute atomic E-state index is 12.6. The Morgan fingerprint density at radius 2 is 2.09 bits per heavy atom. The molecule has 0 aromatic carbocycles. The monoisotopic (exact) mass is 300 g/mol. The molecule has 2 aliphatic rings. The van der Waals surface area contributed by atoms with Crippen LogP contribution in [0.2, 0.25) is 0 Å². The van der Waals surface area contributed by atoms with Gasteiger partial charge in [-0.1, -0.05) is 5.92 Å². The highest BCUT2D eigenvalue weighted by Crippen LogP contribution is 2.20. The summed E-state index contributed by atoms with van der Waals surface area (Å²) in [5.74, 6) is 6.30. The Morgan fingerprint density at radius 3 is 2.82 bits per heavy atom. The van der Waals surface area contributed by atoms with Gasteiger partial charge in [-0.05, 0) is 32.8 Å². The van der Waals surface area contributed by atoms with E-state index in [0.717, 1.165) is 51.1 Å². The third kappa shape index (κ3) is 3.17. The molecule has 1 amide bonds. The molecule has 3 rings (SSSR count). The summed E-state index contributed by atoms with van der Waals surface area (Å²) in [5.41, 5.74) is 2.19. The number of nitrogens with zero attached hydrogens (tertiary/aromatic N) is 4. The van der Waals surface area contributed by atoms with Gasteiger partial charge in [-0.2, -0.15) is 5.10 Å². The minimum Gasteiger partial charge on any atom is -0.338 e. The van der Waals surface area contributed by atoms with Crippen LogP contribution in [0, 0.1) is 18.8 Å². The van der Waals surface area contributed by atoms with Crippen molar-refractivity contribution in [3.05, 3.63) is 17.5 Å². The average Bonchev–Trinajstić information content (AvgIpc) is 2.78. The van der Waals surface area contributed by atoms with Crippen LogP contribution >= 0.6 is 0 Å². The molecule has 0 aliphatic carbocycles. The van der Waals surface area contributed by atoms with Crippen molar-refractivity contribution in [2.24, 2.45) is 0 Å². The number of likely N-dealkylation sites (tertiary alicyclic amines) is 1. The van der Waals surface area contributed by atoms with E-state index in [2.05, 4.69) is 32.8 Å². The molecule has 0 saturated carbocycles. The SMILES string of the molecule is CC#CCN1CCC(N2CCc3cc(C)nn3CC2=O)CC1. The van der Waals surface area contributed by atoms with Gasteiger partial charge < -0.3 is 4.90 Å². The number of hydrogen-bond acceptors (Lipinski definition) is 3. The molecule has 0 atom stereocenters. The maximum Gasteiger partial charge on any atom is 0.244 e. The van der Waals surface area contributed by atoms with Crippen LogP contribution in [0.25, 0.3) is 0 Å². The van der Waals surface area contributed by atoms with E-state index < -0.39 is 0 Å². The molecule has 3 heterocycles. The molecule has 0 unspecified atom stereocenters. The number of rotatable bonds is 2. The lowest BCUT2D eigenvalue weighted by Crippen LogP contribution is -2.48. The van der Waals surface area contributed by atoms with Crippen LogP contribution < -0.4 is 0 Å². The zero-order valence-corrected chi connectivity index (χ0v) is 13.5. The fourth-order valence-electron chi connectivity index (χ4n) is 3.48. The minimum absolute atomic E-state index is 0.216. The molecular weight excluding hydrogens is 276 g/mol. The summed E-state index contributed by atoms with van der Waals surface area (Å²) >= 11 is 0. The first-order valence-electron chi connectivity index (χ1n) is 8.12. The highest BCUT2D eigenvalue weighted by molar-refractivity contribution is 5.76. The summed E-state index contributed by atoms with van der Waals surface area (Å²) in [5, 5.41) is 4.43. The third-order valence-corrected chi connectivity index (χ3v) is 4.68. The molecule has 118 valence electrons. The predicted molar refractivity (Wildman–Crippen MR) is 85.3 cm³/mol. The van der Waals surface area contributed by atoms with E-state index in [1.807, 2.05) is 18.5 Å². The van der Waals surface area contributed by atoms with Crippen molar-refractivity contribution in [3.63, 3.8) is 0 Å². The molecule has 0 radical (unpaired) electrons. The van der Waals surface area contributed by atoms with Crippen molar-refractivity contribution >= 4 is 5.91 Å². The second-order valence-electron chi connectivity index (χ2n) is 6.21. The second kappa shape index (κ2) is 6.53. The largest absolute Gasteiger partial charge is 0.338 e. The van der Waals surface area contributed by atoms with E-state index in [1.54, 1.807) is 0 Å². The first-order valence-corrected chi connectivity index (χ1v) is 8.12. The number of amides is 1. The minimum atomic E-state index is 0.216. The Kier molecular flexibility index (Phi) is 4.49. The smallest absolute Gasteiger partial charge is 0.244 e. The molecule has 0 N–H and O–H groups in total. The second-order valence-corrected chi connectivity index (χ2v) is 6.21. The fraction of sp³-hybridized carbons (Fsp3) is 0.647. The molecule has 1 saturated heterocycles. The summed E-state index contributed by atoms with van der Waals surface area (Å²) < 4.78 is 1.88. The van der Waals surface area contributed by atoms with E-state index in [9.17, 15) is 4.79 Å². The van der Waals surface area contributed by atoms with Gasteiger partial charge in [0.05, 0.1) is 12.2 Å². The Labute approximate surface area is 132 Å². The van der Waals surface area contributed by atoms with Gasteiger partial charge in [-0.15, -0.1) is 5.92 Å². The van der Waals surface area contributed by atoms with E-state index in [1.165, 1.54) is 5.69 Å². The molecule has 5 nitrogen and oxygen atoms in total. The van der Waals surface area contributed by atoms with E-state index in [4.69, 9.17) is 0 Å². The highest BCUT2D eigenvalue weighted by Gasteiger charge is 2.30. The summed E-state index contributed by atoms with van der Waals surface area (Å²) in [6.45, 7) is 8.01. The summed E-state index contributed by atoms with van der Waals surface area (Å²) in [6, 6.07) is 2.48. The van der Waals surface area contributed by atoms with Gasteiger partial charge in [0.25, 0.3) is 0 Å². The molecule has 1 fully saturated rings. The first kappa shape index (κ1) is 15.1. The number of aryl methyl sites for hydroxylation is 1. The lowest BCUT2D eigenvalue weighted by molar-refractivity contribution is -0.134. The van der Waals surface area contributed by atoms with E-state index in [0.29, 0.717) is 12.6 Å². The number of carbonyl (C=O) groups excluding carboxylic acids is 1. The third-order valence-electron chi connectivity index (χ3n) is 4.68. The van der Waals surface area contributed by atoms with Gasteiger partial charge in [0.15, 0.2) is 0 Å². The van der Waals surface area contributed by atoms with Gasteiger partial charge in [-0.3, -0.25) is 14.4 Å². The molecule has 0 spiro atoms. The Morgan fingerprint density at radius 1 is 1.32 bits per heavy atom. The van der Waals surface area contributed by atoms with Crippen LogP contribution in [-0.2, 0) is 17.8 Å². The Bertz CT molecular complexity index is 602. The molecule has 1 aromatic rings. The molecule has 1 aromatic heterocycles. The number of aromatic nitrogens is 2. The molecule has 22 heavy (non-hydrogen) atoms. The highest BCUT2D eigenvalue weighted by atomic mass is 16.2. The fourth-order valence-corrected chi connectivity index (χ4v) is 3.48. The summed E-state index contributed by atoms with van der Waals surface area (Å²) in [7, 11) is 0. The van der Waals surface area contributed by atoms with Crippen molar-refractivity contribution in [2.45, 2.75) is 45.7 Å². The van der Waals surface area contributed by atoms with Crippen molar-refractivity contribution in [1.29, 1.82) is 0 Å². The van der Waals surface area contributed by atoms with Crippen molar-refractivity contribution in [3.8, 4) is 11.8 Å². The van der Waals surface area contributed by atoms with Crippen LogP contribution in [0.15, 0.2) is 6.07 Å². The quantitative estimate of drug-likeness (QED) is 0.767. The predicted octanol–water partition coefficient (Wildman–Crippen LogP) is 1.06. The summed E-state index contributed by atoms with van der Waals surface area (Å²) in [6.07, 6.45) is 3.02. The Balaban J connectivity index is 1.60. The van der Waals surface area contributed by atoms with Crippen molar-refractivity contribution < 1.29 is 4.79 Å². The maximum atomic E-state index is 12.6. The first-order chi connectivity index (χ1) is 10.7. The zero-order chi connectivity index (χ0) is 15.5. The van der Waals surface area contributed by atoms with Gasteiger partial charge in [0.1, 0.15) is 6.54 Å². The molecule has 2 aliphatic heterocycles. The van der Waals surface area contributed by atoms with Crippen LogP contribution in [0.5, 0.6) is 0 Å². The molecule has 0 bridgehead atoms. The van der Waals surface area contributed by atoms with Crippen LogP contribution in [0.4, 0.5) is 0 Å². The number of carbonyl (C=O) groups is 1. The van der Waals surface area contributed by atoms with Crippen molar-refractivity contribution in [2.75, 3.05) is 26.2 Å². The van der Waals surface area contributed by atoms with Gasteiger partial charge >= 0.3 is 0 Å². The van der Waals surface area contributed by atoms with Crippen molar-refractivity contribution in [1.82, 2.24) is 19.6 Å². The Hall–Kier alpha value is -1.80. The lowest BCUT2D eigenvalue weighted by atomic mass is 10.0. The van der Waals surface area contributed by atoms with Crippen LogP contribution in [0.1, 0.15) is 31.2 Å². The van der Waals surface area contributed by atoms with Gasteiger partial charge in [-0.25, -0.2) is 0 Å². The average molecular weight is 300 g/mol. The standard InChI is InChI=1S/C17H24N4O/c1-3-4-8-19-9-5-15(6-10-19)20-11-7-16-12-14(2)18-21(16)13-17(20)22/h12,15H,5-11,13H2,1-2H3. The normalized spacial score (nSPS) is 20.3. The number of hydrogen-bond donors (Lipinski definition) is 0. The van der Waals surface area contributed by atoms with E-state index in [-0.39, 0.29) is 5.91 Å². The van der Waals surface area contributed by atoms with Gasteiger partial charge in [0, 0.05) is 37.8 Å². The lowest BCUT2D eigenvalue weighted by Gasteiger charge is -2.37. The van der Waals surface area contributed by atoms with Gasteiger partial charge in [0.2, 0.25) is 5.91 Å². The molecular formula is C17H24N4O. The zero-order valence-electron chi connectivity index (χ0n) is 13.5. The van der Waals surface area contributed by atoms with Crippen LogP contribution in [-0.4, -0.2) is 57.7 Å². The topological polar surface area (TPSA) is 41.4 Å². The van der Waals surface area contributed by atoms with Crippen LogP contribution in [0.3, 0.4) is 0 Å². The molecule has 5 heteroatoms. The number of piperidine rings is 1.